The molecule has 2 N–H and O–H groups in total. The minimum Gasteiger partial charge on any atom is -0.494 e. The Morgan fingerprint density at radius 2 is 1.85 bits per heavy atom. The molecule has 0 amide bonds. The van der Waals surface area contributed by atoms with Crippen molar-refractivity contribution in [2.45, 2.75) is 18.4 Å². The number of thioether (sulfide) groups is 1. The highest BCUT2D eigenvalue weighted by atomic mass is 35.5. The Morgan fingerprint density at radius 3 is 2.55 bits per heavy atom. The molecule has 106 valence electrons. The van der Waals surface area contributed by atoms with Gasteiger partial charge in [0.1, 0.15) is 5.75 Å². The lowest BCUT2D eigenvalue weighted by molar-refractivity contribution is 0.337. The Bertz CT molecular complexity index is 557. The minimum atomic E-state index is 0.665. The normalized spacial score (nSPS) is 10.5. The van der Waals surface area contributed by atoms with Gasteiger partial charge in [-0.1, -0.05) is 23.7 Å². The van der Waals surface area contributed by atoms with Crippen LogP contribution in [-0.4, -0.2) is 6.61 Å². The molecule has 2 nitrogen and oxygen atoms in total. The third-order valence-electron chi connectivity index (χ3n) is 2.82. The van der Waals surface area contributed by atoms with E-state index in [2.05, 4.69) is 12.1 Å². The van der Waals surface area contributed by atoms with E-state index in [9.17, 15) is 0 Å². The number of nitrogen functional groups attached to an aromatic ring is 1. The Balaban J connectivity index is 1.96. The number of nitrogens with two attached hydrogens (primary N) is 1. The molecule has 0 aliphatic rings. The molecule has 0 bridgehead atoms. The molecule has 0 fully saturated rings. The Morgan fingerprint density at radius 1 is 1.10 bits per heavy atom. The first-order chi connectivity index (χ1) is 9.69. The van der Waals surface area contributed by atoms with Gasteiger partial charge in [0.15, 0.2) is 0 Å². The lowest BCUT2D eigenvalue weighted by atomic mass is 10.2. The summed E-state index contributed by atoms with van der Waals surface area (Å²) in [6.07, 6.45) is 0. The van der Waals surface area contributed by atoms with Crippen LogP contribution in [0.4, 0.5) is 5.69 Å². The first-order valence-electron chi connectivity index (χ1n) is 6.52. The number of benzene rings is 2. The van der Waals surface area contributed by atoms with Crippen molar-refractivity contribution in [3.8, 4) is 5.75 Å². The van der Waals surface area contributed by atoms with Gasteiger partial charge in [0.05, 0.1) is 6.61 Å². The van der Waals surface area contributed by atoms with Crippen molar-refractivity contribution in [3.05, 3.63) is 58.6 Å². The Labute approximate surface area is 129 Å². The van der Waals surface area contributed by atoms with E-state index in [-0.39, 0.29) is 0 Å². The van der Waals surface area contributed by atoms with Crippen LogP contribution in [-0.2, 0) is 11.5 Å². The molecular formula is C16H18ClNOS. The molecule has 0 spiro atoms. The summed E-state index contributed by atoms with van der Waals surface area (Å²) < 4.78 is 5.62. The number of hydrogen-bond acceptors (Lipinski definition) is 3. The van der Waals surface area contributed by atoms with Gasteiger partial charge >= 0.3 is 0 Å². The zero-order chi connectivity index (χ0) is 14.4. The zero-order valence-electron chi connectivity index (χ0n) is 11.4. The Hall–Kier alpha value is -1.32. The fourth-order valence-corrected chi connectivity index (χ4v) is 2.97. The van der Waals surface area contributed by atoms with Gasteiger partial charge in [-0.25, -0.2) is 0 Å². The number of hydrogen-bond donors (Lipinski definition) is 1. The first-order valence-corrected chi connectivity index (χ1v) is 8.05. The summed E-state index contributed by atoms with van der Waals surface area (Å²) in [5, 5.41) is 0.771. The van der Waals surface area contributed by atoms with Crippen LogP contribution >= 0.6 is 23.4 Å². The van der Waals surface area contributed by atoms with Gasteiger partial charge in [-0.15, -0.1) is 0 Å². The van der Waals surface area contributed by atoms with Gasteiger partial charge in [-0.3, -0.25) is 0 Å². The maximum atomic E-state index is 5.88. The molecule has 0 radical (unpaired) electrons. The molecule has 0 unspecified atom stereocenters. The highest BCUT2D eigenvalue weighted by molar-refractivity contribution is 7.97. The second-order valence-electron chi connectivity index (χ2n) is 4.42. The maximum Gasteiger partial charge on any atom is 0.123 e. The van der Waals surface area contributed by atoms with E-state index in [0.717, 1.165) is 33.5 Å². The van der Waals surface area contributed by atoms with Gasteiger partial charge in [0.25, 0.3) is 0 Å². The molecule has 0 atom stereocenters. The minimum absolute atomic E-state index is 0.665. The van der Waals surface area contributed by atoms with Crippen molar-refractivity contribution in [2.75, 3.05) is 12.3 Å². The van der Waals surface area contributed by atoms with E-state index < -0.39 is 0 Å². The van der Waals surface area contributed by atoms with E-state index >= 15 is 0 Å². The number of halogens is 1. The average Bonchev–Trinajstić information content (AvgIpc) is 2.44. The fourth-order valence-electron chi connectivity index (χ4n) is 1.87. The van der Waals surface area contributed by atoms with Crippen LogP contribution in [0.1, 0.15) is 18.1 Å². The first kappa shape index (κ1) is 15.1. The third kappa shape index (κ3) is 4.36. The standard InChI is InChI=1S/C16H18ClNOS/c1-2-19-16-8-7-15(18)9-13(16)11-20-10-12-3-5-14(17)6-4-12/h3-9H,2,10-11,18H2,1H3. The van der Waals surface area contributed by atoms with Crippen molar-refractivity contribution in [3.63, 3.8) is 0 Å². The van der Waals surface area contributed by atoms with E-state index in [4.69, 9.17) is 22.1 Å². The van der Waals surface area contributed by atoms with Crippen LogP contribution < -0.4 is 10.5 Å². The van der Waals surface area contributed by atoms with Crippen molar-refractivity contribution in [2.24, 2.45) is 0 Å². The largest absolute Gasteiger partial charge is 0.494 e. The number of ether oxygens (including phenoxy) is 1. The van der Waals surface area contributed by atoms with Crippen molar-refractivity contribution >= 4 is 29.1 Å². The van der Waals surface area contributed by atoms with E-state index in [1.807, 2.05) is 49.0 Å². The van der Waals surface area contributed by atoms with Crippen LogP contribution in [0.5, 0.6) is 5.75 Å². The molecule has 0 aliphatic heterocycles. The molecule has 0 aromatic heterocycles. The molecule has 0 heterocycles. The van der Waals surface area contributed by atoms with Crippen LogP contribution in [0.15, 0.2) is 42.5 Å². The maximum absolute atomic E-state index is 5.88. The fraction of sp³-hybridized carbons (Fsp3) is 0.250. The van der Waals surface area contributed by atoms with Crippen molar-refractivity contribution in [1.29, 1.82) is 0 Å². The molecule has 2 rings (SSSR count). The lowest BCUT2D eigenvalue weighted by Crippen LogP contribution is -1.97. The highest BCUT2D eigenvalue weighted by Crippen LogP contribution is 2.27. The molecule has 4 heteroatoms. The molecule has 0 saturated carbocycles. The van der Waals surface area contributed by atoms with Gasteiger partial charge in [-0.05, 0) is 42.8 Å². The average molecular weight is 308 g/mol. The SMILES string of the molecule is CCOc1ccc(N)cc1CSCc1ccc(Cl)cc1. The third-order valence-corrected chi connectivity index (χ3v) is 4.13. The van der Waals surface area contributed by atoms with Gasteiger partial charge in [0.2, 0.25) is 0 Å². The summed E-state index contributed by atoms with van der Waals surface area (Å²) in [5.41, 5.74) is 9.03. The van der Waals surface area contributed by atoms with Gasteiger partial charge < -0.3 is 10.5 Å². The summed E-state index contributed by atoms with van der Waals surface area (Å²) in [6, 6.07) is 13.7. The van der Waals surface area contributed by atoms with Crippen LogP contribution in [0.3, 0.4) is 0 Å². The highest BCUT2D eigenvalue weighted by Gasteiger charge is 2.04. The zero-order valence-corrected chi connectivity index (χ0v) is 13.0. The predicted molar refractivity (Wildman–Crippen MR) is 88.5 cm³/mol. The summed E-state index contributed by atoms with van der Waals surface area (Å²) >= 11 is 7.71. The van der Waals surface area contributed by atoms with E-state index in [1.165, 1.54) is 5.56 Å². The lowest BCUT2D eigenvalue weighted by Gasteiger charge is -2.11. The summed E-state index contributed by atoms with van der Waals surface area (Å²) in [4.78, 5) is 0. The van der Waals surface area contributed by atoms with Crippen molar-refractivity contribution in [1.82, 2.24) is 0 Å². The molecule has 2 aromatic carbocycles. The quantitative estimate of drug-likeness (QED) is 0.782. The topological polar surface area (TPSA) is 35.2 Å². The molecule has 0 aliphatic carbocycles. The number of anilines is 1. The van der Waals surface area contributed by atoms with Crippen LogP contribution in [0.25, 0.3) is 0 Å². The van der Waals surface area contributed by atoms with Gasteiger partial charge in [0, 0.05) is 27.8 Å². The smallest absolute Gasteiger partial charge is 0.123 e. The van der Waals surface area contributed by atoms with E-state index in [1.54, 1.807) is 0 Å². The second-order valence-corrected chi connectivity index (χ2v) is 5.84. The Kier molecular flexibility index (Phi) is 5.62. The van der Waals surface area contributed by atoms with Crippen molar-refractivity contribution < 1.29 is 4.74 Å². The number of rotatable bonds is 6. The van der Waals surface area contributed by atoms with E-state index in [0.29, 0.717) is 6.61 Å². The second kappa shape index (κ2) is 7.46. The molecule has 0 saturated heterocycles. The monoisotopic (exact) mass is 307 g/mol. The van der Waals surface area contributed by atoms with Crippen LogP contribution in [0.2, 0.25) is 5.02 Å². The molecule has 20 heavy (non-hydrogen) atoms. The van der Waals surface area contributed by atoms with Gasteiger partial charge in [-0.2, -0.15) is 11.8 Å². The summed E-state index contributed by atoms with van der Waals surface area (Å²) in [5.74, 6) is 2.74. The molecule has 2 aromatic rings. The summed E-state index contributed by atoms with van der Waals surface area (Å²) in [7, 11) is 0. The summed E-state index contributed by atoms with van der Waals surface area (Å²) in [6.45, 7) is 2.65. The van der Waals surface area contributed by atoms with Crippen LogP contribution in [0, 0.1) is 0 Å². The molecular weight excluding hydrogens is 290 g/mol. The predicted octanol–water partition coefficient (Wildman–Crippen LogP) is 4.75.